The molecule has 0 aromatic carbocycles. The molecule has 0 amide bonds. The zero-order chi connectivity index (χ0) is 12.2. The highest BCUT2D eigenvalue weighted by molar-refractivity contribution is 5.66. The molecule has 16 heavy (non-hydrogen) atoms. The lowest BCUT2D eigenvalue weighted by atomic mass is 10.3. The minimum atomic E-state index is -0.770. The van der Waals surface area contributed by atoms with E-state index in [-0.39, 0.29) is 12.8 Å². The van der Waals surface area contributed by atoms with Crippen molar-refractivity contribution in [1.29, 1.82) is 0 Å². The highest BCUT2D eigenvalue weighted by Gasteiger charge is 1.96. The highest BCUT2D eigenvalue weighted by atomic mass is 16.4. The molecule has 0 saturated carbocycles. The second kappa shape index (κ2) is 10.4. The van der Waals surface area contributed by atoms with Crippen LogP contribution < -0.4 is 10.6 Å². The van der Waals surface area contributed by atoms with Gasteiger partial charge in [0.1, 0.15) is 0 Å². The molecule has 0 heterocycles. The van der Waals surface area contributed by atoms with Crippen LogP contribution in [0.25, 0.3) is 0 Å². The van der Waals surface area contributed by atoms with E-state index in [1.807, 2.05) is 0 Å². The maximum absolute atomic E-state index is 10.2. The standard InChI is InChI=1S/C10H20N2O4/c13-9(14)3-1-5-11-7-8-12-6-2-4-10(15)16/h11-12H,1-8H2,(H,13,14)(H,15,16). The minimum Gasteiger partial charge on any atom is -0.481 e. The molecule has 6 heteroatoms. The summed E-state index contributed by atoms with van der Waals surface area (Å²) >= 11 is 0. The molecule has 0 unspecified atom stereocenters. The van der Waals surface area contributed by atoms with Crippen molar-refractivity contribution in [2.75, 3.05) is 26.2 Å². The number of carbonyl (C=O) groups is 2. The summed E-state index contributed by atoms with van der Waals surface area (Å²) in [5, 5.41) is 22.9. The molecule has 0 fully saturated rings. The first-order valence-electron chi connectivity index (χ1n) is 5.48. The number of carboxylic acids is 2. The largest absolute Gasteiger partial charge is 0.481 e. The number of aliphatic carboxylic acids is 2. The van der Waals surface area contributed by atoms with Gasteiger partial charge < -0.3 is 20.8 Å². The van der Waals surface area contributed by atoms with Gasteiger partial charge in [-0.2, -0.15) is 0 Å². The fourth-order valence-corrected chi connectivity index (χ4v) is 1.16. The number of nitrogens with one attached hydrogen (secondary N) is 2. The van der Waals surface area contributed by atoms with Gasteiger partial charge in [-0.1, -0.05) is 0 Å². The first-order valence-corrected chi connectivity index (χ1v) is 5.48. The Kier molecular flexibility index (Phi) is 9.64. The molecule has 6 nitrogen and oxygen atoms in total. The summed E-state index contributed by atoms with van der Waals surface area (Å²) in [4.78, 5) is 20.3. The second-order valence-electron chi connectivity index (χ2n) is 3.49. The lowest BCUT2D eigenvalue weighted by molar-refractivity contribution is -0.138. The molecule has 0 aromatic rings. The van der Waals surface area contributed by atoms with E-state index in [1.165, 1.54) is 0 Å². The summed E-state index contributed by atoms with van der Waals surface area (Å²) in [6, 6.07) is 0. The van der Waals surface area contributed by atoms with Crippen molar-refractivity contribution in [3.8, 4) is 0 Å². The Balaban J connectivity index is 2.98. The number of rotatable bonds is 11. The minimum absolute atomic E-state index is 0.193. The Morgan fingerprint density at radius 2 is 1.12 bits per heavy atom. The summed E-state index contributed by atoms with van der Waals surface area (Å²) < 4.78 is 0. The van der Waals surface area contributed by atoms with E-state index in [0.717, 1.165) is 13.1 Å². The van der Waals surface area contributed by atoms with E-state index in [9.17, 15) is 9.59 Å². The molecule has 0 aliphatic rings. The van der Waals surface area contributed by atoms with Gasteiger partial charge in [0.2, 0.25) is 0 Å². The molecule has 4 N–H and O–H groups in total. The van der Waals surface area contributed by atoms with Crippen molar-refractivity contribution < 1.29 is 19.8 Å². The Bertz CT molecular complexity index is 187. The maximum Gasteiger partial charge on any atom is 0.303 e. The average molecular weight is 232 g/mol. The van der Waals surface area contributed by atoms with E-state index in [0.29, 0.717) is 25.9 Å². The first-order chi connectivity index (χ1) is 7.63. The molecule has 0 saturated heterocycles. The smallest absolute Gasteiger partial charge is 0.303 e. The van der Waals surface area contributed by atoms with Crippen LogP contribution in [0.3, 0.4) is 0 Å². The van der Waals surface area contributed by atoms with Crippen LogP contribution in [-0.2, 0) is 9.59 Å². The molecule has 0 rings (SSSR count). The van der Waals surface area contributed by atoms with Gasteiger partial charge in [-0.25, -0.2) is 0 Å². The SMILES string of the molecule is O=C(O)CCCNCCNCCCC(=O)O. The van der Waals surface area contributed by atoms with Crippen molar-refractivity contribution in [3.63, 3.8) is 0 Å². The summed E-state index contributed by atoms with van der Waals surface area (Å²) in [5.41, 5.74) is 0. The van der Waals surface area contributed by atoms with Crippen LogP contribution >= 0.6 is 0 Å². The molecule has 0 atom stereocenters. The molecule has 0 spiro atoms. The molecule has 0 aliphatic heterocycles. The van der Waals surface area contributed by atoms with Gasteiger partial charge in [0.25, 0.3) is 0 Å². The Labute approximate surface area is 95.0 Å². The number of hydrogen-bond donors (Lipinski definition) is 4. The van der Waals surface area contributed by atoms with Crippen LogP contribution in [0.1, 0.15) is 25.7 Å². The Hall–Kier alpha value is -1.14. The molecular weight excluding hydrogens is 212 g/mol. The van der Waals surface area contributed by atoms with E-state index in [1.54, 1.807) is 0 Å². The van der Waals surface area contributed by atoms with E-state index < -0.39 is 11.9 Å². The zero-order valence-corrected chi connectivity index (χ0v) is 9.37. The molecule has 0 aromatic heterocycles. The van der Waals surface area contributed by atoms with Crippen molar-refractivity contribution in [2.45, 2.75) is 25.7 Å². The molecule has 0 bridgehead atoms. The van der Waals surface area contributed by atoms with Gasteiger partial charge in [0, 0.05) is 25.9 Å². The summed E-state index contributed by atoms with van der Waals surface area (Å²) in [7, 11) is 0. The van der Waals surface area contributed by atoms with Gasteiger partial charge in [0.15, 0.2) is 0 Å². The third kappa shape index (κ3) is 12.9. The number of hydrogen-bond acceptors (Lipinski definition) is 4. The monoisotopic (exact) mass is 232 g/mol. The van der Waals surface area contributed by atoms with E-state index >= 15 is 0 Å². The predicted octanol–water partition coefficient (Wildman–Crippen LogP) is -0.105. The highest BCUT2D eigenvalue weighted by Crippen LogP contribution is 1.86. The molecule has 0 radical (unpaired) electrons. The van der Waals surface area contributed by atoms with Crippen molar-refractivity contribution in [1.82, 2.24) is 10.6 Å². The van der Waals surface area contributed by atoms with Crippen LogP contribution in [-0.4, -0.2) is 48.3 Å². The molecule has 0 aliphatic carbocycles. The van der Waals surface area contributed by atoms with Crippen LogP contribution in [0.5, 0.6) is 0 Å². The lowest BCUT2D eigenvalue weighted by Crippen LogP contribution is -2.28. The summed E-state index contributed by atoms with van der Waals surface area (Å²) in [6.45, 7) is 2.94. The van der Waals surface area contributed by atoms with Crippen LogP contribution in [0.2, 0.25) is 0 Å². The first kappa shape index (κ1) is 14.9. The second-order valence-corrected chi connectivity index (χ2v) is 3.49. The topological polar surface area (TPSA) is 98.7 Å². The molecular formula is C10H20N2O4. The summed E-state index contributed by atoms with van der Waals surface area (Å²) in [6.07, 6.45) is 1.65. The Morgan fingerprint density at radius 3 is 1.44 bits per heavy atom. The van der Waals surface area contributed by atoms with Gasteiger partial charge in [-0.05, 0) is 25.9 Å². The van der Waals surface area contributed by atoms with Crippen LogP contribution in [0.4, 0.5) is 0 Å². The van der Waals surface area contributed by atoms with Crippen LogP contribution in [0.15, 0.2) is 0 Å². The van der Waals surface area contributed by atoms with Gasteiger partial charge in [-0.3, -0.25) is 9.59 Å². The normalized spacial score (nSPS) is 10.2. The van der Waals surface area contributed by atoms with Crippen molar-refractivity contribution >= 4 is 11.9 Å². The quantitative estimate of drug-likeness (QED) is 0.371. The fourth-order valence-electron chi connectivity index (χ4n) is 1.16. The van der Waals surface area contributed by atoms with Gasteiger partial charge in [-0.15, -0.1) is 0 Å². The van der Waals surface area contributed by atoms with Crippen LogP contribution in [0, 0.1) is 0 Å². The fraction of sp³-hybridized carbons (Fsp3) is 0.800. The lowest BCUT2D eigenvalue weighted by Gasteiger charge is -2.05. The third-order valence-electron chi connectivity index (χ3n) is 1.97. The van der Waals surface area contributed by atoms with Crippen molar-refractivity contribution in [3.05, 3.63) is 0 Å². The average Bonchev–Trinajstić information content (AvgIpc) is 2.20. The van der Waals surface area contributed by atoms with Gasteiger partial charge in [0.05, 0.1) is 0 Å². The van der Waals surface area contributed by atoms with Gasteiger partial charge >= 0.3 is 11.9 Å². The zero-order valence-electron chi connectivity index (χ0n) is 9.37. The van der Waals surface area contributed by atoms with E-state index in [4.69, 9.17) is 10.2 Å². The third-order valence-corrected chi connectivity index (χ3v) is 1.97. The summed E-state index contributed by atoms with van der Waals surface area (Å²) in [5.74, 6) is -1.54. The van der Waals surface area contributed by atoms with Crippen molar-refractivity contribution in [2.24, 2.45) is 0 Å². The number of carboxylic acid groups (broad SMARTS) is 2. The Morgan fingerprint density at radius 1 is 0.750 bits per heavy atom. The predicted molar refractivity (Wildman–Crippen MR) is 59.5 cm³/mol. The molecule has 94 valence electrons. The maximum atomic E-state index is 10.2. The van der Waals surface area contributed by atoms with E-state index in [2.05, 4.69) is 10.6 Å².